The number of nitrogens with zero attached hydrogens (tertiary/aromatic N) is 4. The lowest BCUT2D eigenvalue weighted by molar-refractivity contribution is -0.235. The number of allylic oxidation sites excluding steroid dienone is 1. The average Bonchev–Trinajstić information content (AvgIpc) is 3.70. The maximum atomic E-state index is 14.4. The molecule has 0 aliphatic heterocycles. The standard InChI is InChI=1S/C46H66ClN5O6/c1-26(2)35-30(53)23-46(37(55)39-51-50-38(52(39)22-21-48-10)29-13-11-27(47)25-49-29)20-19-44(8)28(36(35)46)12-14-32-43(7)17-16-33(58-34(54)24-41(3,4)40(56)57)42(5,6)31(43)15-18-45(32,44)9/h11,13,25-26,28,31-33,37,48,55H,12,14-24H2,1-10H3,(H,56,57)/t28-,31+,32-,33+,37-,43+,44-,45-,46-/m1/s1. The smallest absolute Gasteiger partial charge is 0.309 e. The minimum atomic E-state index is -1.18. The van der Waals surface area contributed by atoms with Crippen LogP contribution in [0.5, 0.6) is 0 Å². The van der Waals surface area contributed by atoms with Crippen molar-refractivity contribution >= 4 is 29.3 Å². The third kappa shape index (κ3) is 6.41. The lowest BCUT2D eigenvalue weighted by Gasteiger charge is -2.72. The second-order valence-electron chi connectivity index (χ2n) is 21.0. The molecule has 58 heavy (non-hydrogen) atoms. The van der Waals surface area contributed by atoms with E-state index in [1.807, 2.05) is 17.7 Å². The summed E-state index contributed by atoms with van der Waals surface area (Å²) < 4.78 is 8.16. The zero-order valence-electron chi connectivity index (χ0n) is 36.4. The highest BCUT2D eigenvalue weighted by molar-refractivity contribution is 6.30. The molecule has 5 aliphatic rings. The third-order valence-electron chi connectivity index (χ3n) is 17.0. The zero-order chi connectivity index (χ0) is 42.4. The number of ketones is 1. The predicted octanol–water partition coefficient (Wildman–Crippen LogP) is 8.64. The fraction of sp³-hybridized carbons (Fsp3) is 0.739. The van der Waals surface area contributed by atoms with Gasteiger partial charge in [0.15, 0.2) is 17.4 Å². The van der Waals surface area contributed by atoms with Gasteiger partial charge in [-0.1, -0.05) is 60.1 Å². The number of carbonyl (C=O) groups is 3. The summed E-state index contributed by atoms with van der Waals surface area (Å²) >= 11 is 6.19. The van der Waals surface area contributed by atoms with Gasteiger partial charge in [0.1, 0.15) is 17.9 Å². The Hall–Kier alpha value is -3.15. The van der Waals surface area contributed by atoms with Crippen LogP contribution in [-0.2, 0) is 25.7 Å². The van der Waals surface area contributed by atoms with Crippen molar-refractivity contribution in [3.8, 4) is 11.5 Å². The van der Waals surface area contributed by atoms with Crippen molar-refractivity contribution in [2.24, 2.45) is 56.2 Å². The quantitative estimate of drug-likeness (QED) is 0.188. The van der Waals surface area contributed by atoms with E-state index in [0.29, 0.717) is 53.7 Å². The summed E-state index contributed by atoms with van der Waals surface area (Å²) in [6.45, 7) is 20.6. The van der Waals surface area contributed by atoms with Gasteiger partial charge in [0, 0.05) is 36.5 Å². The first-order valence-corrected chi connectivity index (χ1v) is 22.0. The molecule has 12 heteroatoms. The number of ether oxygens (including phenoxy) is 1. The van der Waals surface area contributed by atoms with Crippen LogP contribution in [0.1, 0.15) is 138 Å². The van der Waals surface area contributed by atoms with Crippen LogP contribution in [0.3, 0.4) is 0 Å². The molecule has 3 N–H and O–H groups in total. The lowest BCUT2D eigenvalue weighted by atomic mass is 9.33. The molecule has 0 unspecified atom stereocenters. The Labute approximate surface area is 349 Å². The Morgan fingerprint density at radius 2 is 1.72 bits per heavy atom. The number of carboxylic acids is 1. The summed E-state index contributed by atoms with van der Waals surface area (Å²) in [6.07, 6.45) is 7.69. The van der Waals surface area contributed by atoms with Crippen molar-refractivity contribution in [1.82, 2.24) is 25.1 Å². The van der Waals surface area contributed by atoms with Gasteiger partial charge in [-0.15, -0.1) is 10.2 Å². The number of carbonyl (C=O) groups excluding carboxylic acids is 2. The predicted molar refractivity (Wildman–Crippen MR) is 222 cm³/mol. The van der Waals surface area contributed by atoms with Crippen LogP contribution in [0.4, 0.5) is 0 Å². The molecule has 5 aliphatic carbocycles. The molecule has 0 radical (unpaired) electrons. The number of aliphatic hydroxyl groups is 1. The number of rotatable bonds is 11. The molecule has 0 bridgehead atoms. The highest BCUT2D eigenvalue weighted by atomic mass is 35.5. The number of aromatic nitrogens is 4. The molecule has 9 atom stereocenters. The first-order valence-electron chi connectivity index (χ1n) is 21.7. The SMILES string of the molecule is CNCCn1c(-c2ccc(Cl)cn2)nnc1[C@@H](O)[C@@]12CC[C@]3(C)[C@H](CC[C@@H]4[C@@]5(C)CC[C@H](OC(=O)CC(C)(C)C(=O)O)C(C)(C)[C@@H]5CC[C@]43C)C1=C(C(C)C)C(=O)C2. The van der Waals surface area contributed by atoms with E-state index in [2.05, 4.69) is 69.0 Å². The van der Waals surface area contributed by atoms with E-state index in [-0.39, 0.29) is 58.2 Å². The largest absolute Gasteiger partial charge is 0.481 e. The molecule has 11 nitrogen and oxygen atoms in total. The lowest BCUT2D eigenvalue weighted by Crippen LogP contribution is -2.66. The number of aliphatic carboxylic acids is 1. The number of aliphatic hydroxyl groups excluding tert-OH is 1. The van der Waals surface area contributed by atoms with Crippen molar-refractivity contribution < 1.29 is 29.3 Å². The molecule has 4 fully saturated rings. The maximum absolute atomic E-state index is 14.4. The van der Waals surface area contributed by atoms with Crippen molar-refractivity contribution in [3.63, 3.8) is 0 Å². The van der Waals surface area contributed by atoms with E-state index in [1.165, 1.54) is 5.57 Å². The Morgan fingerprint density at radius 3 is 2.36 bits per heavy atom. The monoisotopic (exact) mass is 819 g/mol. The second-order valence-corrected chi connectivity index (χ2v) is 21.4. The van der Waals surface area contributed by atoms with Crippen LogP contribution in [0, 0.1) is 56.2 Å². The Morgan fingerprint density at radius 1 is 1.00 bits per heavy atom. The van der Waals surface area contributed by atoms with Gasteiger partial charge in [-0.3, -0.25) is 19.4 Å². The number of esters is 1. The molecule has 2 heterocycles. The number of halogens is 1. The van der Waals surface area contributed by atoms with Crippen LogP contribution in [0.25, 0.3) is 11.5 Å². The summed E-state index contributed by atoms with van der Waals surface area (Å²) in [5.74, 6) is 0.659. The maximum Gasteiger partial charge on any atom is 0.309 e. The minimum Gasteiger partial charge on any atom is -0.481 e. The fourth-order valence-corrected chi connectivity index (χ4v) is 13.8. The Kier molecular flexibility index (Phi) is 11.0. The van der Waals surface area contributed by atoms with Gasteiger partial charge in [0.25, 0.3) is 0 Å². The topological polar surface area (TPSA) is 157 Å². The number of nitrogens with one attached hydrogen (secondary N) is 1. The first-order chi connectivity index (χ1) is 27.1. The summed E-state index contributed by atoms with van der Waals surface area (Å²) in [5, 5.41) is 35.6. The summed E-state index contributed by atoms with van der Waals surface area (Å²) in [7, 11) is 1.89. The van der Waals surface area contributed by atoms with Gasteiger partial charge >= 0.3 is 11.9 Å². The molecule has 0 aromatic carbocycles. The molecule has 2 aromatic rings. The zero-order valence-corrected chi connectivity index (χ0v) is 37.1. The molecular weight excluding hydrogens is 754 g/mol. The van der Waals surface area contributed by atoms with Gasteiger partial charge in [-0.05, 0) is 135 Å². The number of Topliss-reactive ketones (excluding diaryl/α,β-unsaturated/α-hetero) is 1. The number of pyridine rings is 1. The average molecular weight is 821 g/mol. The van der Waals surface area contributed by atoms with Gasteiger partial charge in [0.2, 0.25) is 0 Å². The minimum absolute atomic E-state index is 0.0123. The molecule has 7 rings (SSSR count). The van der Waals surface area contributed by atoms with E-state index in [9.17, 15) is 24.6 Å². The second kappa shape index (κ2) is 14.8. The molecule has 4 saturated carbocycles. The fourth-order valence-electron chi connectivity index (χ4n) is 13.7. The van der Waals surface area contributed by atoms with Crippen LogP contribution in [0.15, 0.2) is 29.5 Å². The summed E-state index contributed by atoms with van der Waals surface area (Å²) in [5.41, 5.74) is 0.339. The Bertz CT molecular complexity index is 1990. The third-order valence-corrected chi connectivity index (χ3v) is 17.2. The van der Waals surface area contributed by atoms with Crippen molar-refractivity contribution in [1.29, 1.82) is 0 Å². The van der Waals surface area contributed by atoms with Crippen molar-refractivity contribution in [3.05, 3.63) is 40.3 Å². The number of fused-ring (bicyclic) bond motifs is 7. The van der Waals surface area contributed by atoms with E-state index >= 15 is 0 Å². The normalized spacial score (nSPS) is 34.9. The van der Waals surface area contributed by atoms with Gasteiger partial charge in [-0.2, -0.15) is 0 Å². The van der Waals surface area contributed by atoms with Crippen molar-refractivity contribution in [2.45, 2.75) is 145 Å². The van der Waals surface area contributed by atoms with Crippen LogP contribution in [-0.4, -0.2) is 67.4 Å². The van der Waals surface area contributed by atoms with Crippen molar-refractivity contribution in [2.75, 3.05) is 13.6 Å². The highest BCUT2D eigenvalue weighted by Crippen LogP contribution is 2.77. The van der Waals surface area contributed by atoms with Crippen LogP contribution in [0.2, 0.25) is 5.02 Å². The van der Waals surface area contributed by atoms with E-state index in [1.54, 1.807) is 26.1 Å². The molecular formula is C46H66ClN5O6. The van der Waals surface area contributed by atoms with E-state index in [4.69, 9.17) is 16.3 Å². The number of likely N-dealkylation sites (N-methyl/N-ethyl adjacent to an activating group) is 1. The van der Waals surface area contributed by atoms with Gasteiger partial charge in [0.05, 0.1) is 16.9 Å². The first kappa shape index (κ1) is 43.0. The Balaban J connectivity index is 1.22. The molecule has 318 valence electrons. The van der Waals surface area contributed by atoms with E-state index < -0.39 is 28.9 Å². The highest BCUT2D eigenvalue weighted by Gasteiger charge is 2.71. The number of carboxylic acid groups (broad SMARTS) is 1. The molecule has 0 saturated heterocycles. The number of hydrogen-bond acceptors (Lipinski definition) is 9. The van der Waals surface area contributed by atoms with Gasteiger partial charge < -0.3 is 24.8 Å². The summed E-state index contributed by atoms with van der Waals surface area (Å²) in [4.78, 5) is 43.9. The van der Waals surface area contributed by atoms with Crippen LogP contribution >= 0.6 is 11.6 Å². The van der Waals surface area contributed by atoms with Gasteiger partial charge in [-0.25, -0.2) is 0 Å². The molecule has 2 aromatic heterocycles. The molecule has 0 spiro atoms. The molecule has 0 amide bonds. The summed E-state index contributed by atoms with van der Waals surface area (Å²) in [6, 6.07) is 3.60. The van der Waals surface area contributed by atoms with Crippen LogP contribution < -0.4 is 5.32 Å². The number of hydrogen-bond donors (Lipinski definition) is 3. The van der Waals surface area contributed by atoms with E-state index in [0.717, 1.165) is 50.5 Å².